The van der Waals surface area contributed by atoms with E-state index < -0.39 is 5.97 Å². The Morgan fingerprint density at radius 1 is 1.40 bits per heavy atom. The lowest BCUT2D eigenvalue weighted by atomic mass is 10.1. The maximum absolute atomic E-state index is 11.0. The fourth-order valence-electron chi connectivity index (χ4n) is 2.31. The van der Waals surface area contributed by atoms with Crippen LogP contribution < -0.4 is 0 Å². The van der Waals surface area contributed by atoms with Crippen LogP contribution >= 0.6 is 0 Å². The Balaban J connectivity index is 2.49. The number of rotatable bonds is 5. The van der Waals surface area contributed by atoms with Crippen LogP contribution in [0.4, 0.5) is 0 Å². The Morgan fingerprint density at radius 3 is 2.60 bits per heavy atom. The van der Waals surface area contributed by atoms with E-state index in [0.717, 1.165) is 17.0 Å². The van der Waals surface area contributed by atoms with Gasteiger partial charge in [-0.05, 0) is 30.7 Å². The molecule has 0 aliphatic carbocycles. The van der Waals surface area contributed by atoms with Gasteiger partial charge in [-0.15, -0.1) is 5.10 Å². The standard InChI is InChI=1S/C12H18N6O2/c1-5-9(6-10(19)20)18-12(13-15-16-18)11-7(2)14-17(4)8(11)3/h9H,5-6H2,1-4H3,(H,19,20). The number of aryl methyl sites for hydroxylation is 2. The molecule has 0 bridgehead atoms. The smallest absolute Gasteiger partial charge is 0.305 e. The molecule has 108 valence electrons. The van der Waals surface area contributed by atoms with Crippen LogP contribution in [0.1, 0.15) is 37.2 Å². The molecule has 0 fully saturated rings. The molecule has 2 aromatic rings. The second kappa shape index (κ2) is 5.40. The predicted molar refractivity (Wildman–Crippen MR) is 71.1 cm³/mol. The summed E-state index contributed by atoms with van der Waals surface area (Å²) in [4.78, 5) is 11.0. The molecule has 0 aliphatic rings. The summed E-state index contributed by atoms with van der Waals surface area (Å²) in [6.45, 7) is 5.74. The Bertz CT molecular complexity index is 630. The lowest BCUT2D eigenvalue weighted by Crippen LogP contribution is -2.16. The number of aromatic nitrogens is 6. The minimum Gasteiger partial charge on any atom is -0.481 e. The van der Waals surface area contributed by atoms with Crippen molar-refractivity contribution >= 4 is 5.97 Å². The van der Waals surface area contributed by atoms with Crippen LogP contribution in [0.2, 0.25) is 0 Å². The van der Waals surface area contributed by atoms with Gasteiger partial charge in [0.25, 0.3) is 0 Å². The van der Waals surface area contributed by atoms with Gasteiger partial charge in [0.2, 0.25) is 0 Å². The van der Waals surface area contributed by atoms with Crippen LogP contribution in [-0.2, 0) is 11.8 Å². The number of hydrogen-bond acceptors (Lipinski definition) is 5. The first-order chi connectivity index (χ1) is 9.45. The van der Waals surface area contributed by atoms with Crippen molar-refractivity contribution in [3.63, 3.8) is 0 Å². The maximum Gasteiger partial charge on any atom is 0.305 e. The van der Waals surface area contributed by atoms with Crippen molar-refractivity contribution in [3.8, 4) is 11.4 Å². The Labute approximate surface area is 116 Å². The van der Waals surface area contributed by atoms with E-state index in [1.165, 1.54) is 0 Å². The molecule has 0 aliphatic heterocycles. The highest BCUT2D eigenvalue weighted by atomic mass is 16.4. The number of nitrogens with zero attached hydrogens (tertiary/aromatic N) is 6. The normalized spacial score (nSPS) is 12.6. The second-order valence-electron chi connectivity index (χ2n) is 4.78. The molecule has 2 rings (SSSR count). The zero-order chi connectivity index (χ0) is 14.9. The van der Waals surface area contributed by atoms with Gasteiger partial charge in [0.1, 0.15) is 0 Å². The van der Waals surface area contributed by atoms with Crippen LogP contribution in [0.25, 0.3) is 11.4 Å². The maximum atomic E-state index is 11.0. The van der Waals surface area contributed by atoms with Gasteiger partial charge in [-0.25, -0.2) is 4.68 Å². The second-order valence-corrected chi connectivity index (χ2v) is 4.78. The largest absolute Gasteiger partial charge is 0.481 e. The summed E-state index contributed by atoms with van der Waals surface area (Å²) in [6, 6.07) is -0.267. The molecular formula is C12H18N6O2. The van der Waals surface area contributed by atoms with Crippen LogP contribution in [0.3, 0.4) is 0 Å². The number of carbonyl (C=O) groups is 1. The average molecular weight is 278 g/mol. The van der Waals surface area contributed by atoms with Crippen molar-refractivity contribution < 1.29 is 9.90 Å². The van der Waals surface area contributed by atoms with E-state index >= 15 is 0 Å². The van der Waals surface area contributed by atoms with E-state index in [2.05, 4.69) is 20.6 Å². The number of tetrazole rings is 1. The van der Waals surface area contributed by atoms with E-state index in [4.69, 9.17) is 5.11 Å². The zero-order valence-corrected chi connectivity index (χ0v) is 12.0. The molecule has 1 atom stereocenters. The quantitative estimate of drug-likeness (QED) is 0.879. The summed E-state index contributed by atoms with van der Waals surface area (Å²) < 4.78 is 3.35. The molecule has 8 heteroatoms. The van der Waals surface area contributed by atoms with Gasteiger partial charge in [0.05, 0.1) is 23.7 Å². The van der Waals surface area contributed by atoms with Crippen LogP contribution in [0, 0.1) is 13.8 Å². The minimum atomic E-state index is -0.863. The highest BCUT2D eigenvalue weighted by Gasteiger charge is 2.23. The number of carboxylic acids is 1. The van der Waals surface area contributed by atoms with E-state index in [1.54, 1.807) is 9.36 Å². The van der Waals surface area contributed by atoms with Crippen molar-refractivity contribution in [2.24, 2.45) is 7.05 Å². The lowest BCUT2D eigenvalue weighted by Gasteiger charge is -2.14. The molecule has 0 radical (unpaired) electrons. The molecule has 1 N–H and O–H groups in total. The van der Waals surface area contributed by atoms with Gasteiger partial charge in [0, 0.05) is 12.7 Å². The zero-order valence-electron chi connectivity index (χ0n) is 12.0. The van der Waals surface area contributed by atoms with E-state index in [1.807, 2.05) is 27.8 Å². The van der Waals surface area contributed by atoms with Crippen LogP contribution in [0.5, 0.6) is 0 Å². The number of hydrogen-bond donors (Lipinski definition) is 1. The first-order valence-corrected chi connectivity index (χ1v) is 6.45. The Morgan fingerprint density at radius 2 is 2.10 bits per heavy atom. The lowest BCUT2D eigenvalue weighted by molar-refractivity contribution is -0.138. The molecule has 2 heterocycles. The van der Waals surface area contributed by atoms with Gasteiger partial charge >= 0.3 is 5.97 Å². The first-order valence-electron chi connectivity index (χ1n) is 6.45. The molecule has 2 aromatic heterocycles. The van der Waals surface area contributed by atoms with Gasteiger partial charge in [-0.1, -0.05) is 6.92 Å². The fraction of sp³-hybridized carbons (Fsp3) is 0.583. The van der Waals surface area contributed by atoms with Gasteiger partial charge < -0.3 is 5.11 Å². The third-order valence-electron chi connectivity index (χ3n) is 3.45. The minimum absolute atomic E-state index is 0.00705. The summed E-state index contributed by atoms with van der Waals surface area (Å²) in [5.74, 6) is -0.292. The van der Waals surface area contributed by atoms with Crippen molar-refractivity contribution in [1.29, 1.82) is 0 Å². The van der Waals surface area contributed by atoms with E-state index in [9.17, 15) is 4.79 Å². The third-order valence-corrected chi connectivity index (χ3v) is 3.45. The van der Waals surface area contributed by atoms with Gasteiger partial charge in [-0.2, -0.15) is 5.10 Å². The van der Waals surface area contributed by atoms with Crippen LogP contribution in [0.15, 0.2) is 0 Å². The van der Waals surface area contributed by atoms with E-state index in [-0.39, 0.29) is 12.5 Å². The van der Waals surface area contributed by atoms with Gasteiger partial charge in [0.15, 0.2) is 5.82 Å². The van der Waals surface area contributed by atoms with Crippen molar-refractivity contribution in [3.05, 3.63) is 11.4 Å². The molecule has 0 aromatic carbocycles. The number of aliphatic carboxylic acids is 1. The molecule has 8 nitrogen and oxygen atoms in total. The average Bonchev–Trinajstić information content (AvgIpc) is 2.92. The highest BCUT2D eigenvalue weighted by molar-refractivity contribution is 5.67. The monoisotopic (exact) mass is 278 g/mol. The third kappa shape index (κ3) is 2.40. The van der Waals surface area contributed by atoms with E-state index in [0.29, 0.717) is 12.2 Å². The predicted octanol–water partition coefficient (Wildman–Crippen LogP) is 1.12. The molecule has 0 spiro atoms. The summed E-state index contributed by atoms with van der Waals surface area (Å²) in [5, 5.41) is 25.1. The van der Waals surface area contributed by atoms with Crippen molar-refractivity contribution in [2.45, 2.75) is 39.7 Å². The van der Waals surface area contributed by atoms with Crippen molar-refractivity contribution in [1.82, 2.24) is 30.0 Å². The molecule has 0 saturated carbocycles. The molecule has 0 amide bonds. The Kier molecular flexibility index (Phi) is 3.82. The molecular weight excluding hydrogens is 260 g/mol. The first kappa shape index (κ1) is 14.2. The fourth-order valence-corrected chi connectivity index (χ4v) is 2.31. The SMILES string of the molecule is CCC(CC(=O)O)n1nnnc1-c1c(C)nn(C)c1C. The topological polar surface area (TPSA) is 98.7 Å². The van der Waals surface area contributed by atoms with Gasteiger partial charge in [-0.3, -0.25) is 9.48 Å². The summed E-state index contributed by atoms with van der Waals surface area (Å²) in [7, 11) is 1.86. The Hall–Kier alpha value is -2.25. The van der Waals surface area contributed by atoms with Crippen molar-refractivity contribution in [2.75, 3.05) is 0 Å². The summed E-state index contributed by atoms with van der Waals surface area (Å²) >= 11 is 0. The summed E-state index contributed by atoms with van der Waals surface area (Å²) in [6.07, 6.45) is 0.635. The number of carboxylic acid groups (broad SMARTS) is 1. The molecule has 20 heavy (non-hydrogen) atoms. The van der Waals surface area contributed by atoms with Crippen LogP contribution in [-0.4, -0.2) is 41.1 Å². The molecule has 1 unspecified atom stereocenters. The highest BCUT2D eigenvalue weighted by Crippen LogP contribution is 2.27. The molecule has 0 saturated heterocycles. The summed E-state index contributed by atoms with van der Waals surface area (Å²) in [5.41, 5.74) is 2.64.